The predicted octanol–water partition coefficient (Wildman–Crippen LogP) is 2.50. The van der Waals surface area contributed by atoms with E-state index in [-0.39, 0.29) is 18.2 Å². The molecule has 0 spiro atoms. The van der Waals surface area contributed by atoms with Crippen molar-refractivity contribution in [3.8, 4) is 0 Å². The van der Waals surface area contributed by atoms with E-state index in [9.17, 15) is 4.79 Å². The molecular formula is C16H25N3O2. The molecule has 5 nitrogen and oxygen atoms in total. The van der Waals surface area contributed by atoms with Crippen molar-refractivity contribution < 1.29 is 9.53 Å². The molecule has 1 fully saturated rings. The topological polar surface area (TPSA) is 63.2 Å². The second kappa shape index (κ2) is 7.41. The molecule has 1 aromatic rings. The number of amides is 2. The maximum atomic E-state index is 12.0. The van der Waals surface area contributed by atoms with Gasteiger partial charge in [0.2, 0.25) is 0 Å². The summed E-state index contributed by atoms with van der Waals surface area (Å²) in [7, 11) is 0. The molecule has 0 unspecified atom stereocenters. The van der Waals surface area contributed by atoms with Gasteiger partial charge in [0, 0.05) is 31.5 Å². The summed E-state index contributed by atoms with van der Waals surface area (Å²) < 4.78 is 5.73. The largest absolute Gasteiger partial charge is 0.378 e. The highest BCUT2D eigenvalue weighted by molar-refractivity contribution is 5.74. The number of hydrogen-bond acceptors (Lipinski definition) is 3. The van der Waals surface area contributed by atoms with Gasteiger partial charge in [0.15, 0.2) is 0 Å². The number of ether oxygens (including phenoxy) is 1. The summed E-state index contributed by atoms with van der Waals surface area (Å²) in [5.41, 5.74) is 0.997. The van der Waals surface area contributed by atoms with Crippen LogP contribution in [-0.2, 0) is 4.74 Å². The molecular weight excluding hydrogens is 266 g/mol. The van der Waals surface area contributed by atoms with Crippen LogP contribution in [0.15, 0.2) is 24.5 Å². The third kappa shape index (κ3) is 4.43. The van der Waals surface area contributed by atoms with Gasteiger partial charge in [-0.05, 0) is 30.9 Å². The smallest absolute Gasteiger partial charge is 0.315 e. The third-order valence-electron chi connectivity index (χ3n) is 3.98. The molecule has 1 aliphatic rings. The molecule has 1 saturated heterocycles. The molecule has 2 N–H and O–H groups in total. The first-order valence-corrected chi connectivity index (χ1v) is 7.64. The number of urea groups is 1. The molecule has 1 aliphatic heterocycles. The van der Waals surface area contributed by atoms with Crippen LogP contribution in [-0.4, -0.2) is 30.3 Å². The molecule has 1 aromatic heterocycles. The summed E-state index contributed by atoms with van der Waals surface area (Å²) in [6.07, 6.45) is 4.76. The summed E-state index contributed by atoms with van der Waals surface area (Å²) in [6.45, 7) is 7.73. The normalized spacial score (nSPS) is 23.0. The van der Waals surface area contributed by atoms with Crippen molar-refractivity contribution in [2.75, 3.05) is 13.2 Å². The SMILES string of the molecule is CC(C)[C@H]1OCC[C@@H]1CNC(=O)N[C@@H](C)c1cccnc1. The fourth-order valence-electron chi connectivity index (χ4n) is 2.80. The lowest BCUT2D eigenvalue weighted by atomic mass is 9.93. The van der Waals surface area contributed by atoms with Crippen LogP contribution < -0.4 is 10.6 Å². The minimum atomic E-state index is -0.138. The zero-order chi connectivity index (χ0) is 15.2. The van der Waals surface area contributed by atoms with E-state index in [2.05, 4.69) is 29.5 Å². The highest BCUT2D eigenvalue weighted by atomic mass is 16.5. The van der Waals surface area contributed by atoms with Gasteiger partial charge in [-0.15, -0.1) is 0 Å². The monoisotopic (exact) mass is 291 g/mol. The molecule has 0 bridgehead atoms. The van der Waals surface area contributed by atoms with Gasteiger partial charge < -0.3 is 15.4 Å². The second-order valence-electron chi connectivity index (χ2n) is 5.99. The van der Waals surface area contributed by atoms with Gasteiger partial charge in [-0.1, -0.05) is 19.9 Å². The Balaban J connectivity index is 1.77. The minimum Gasteiger partial charge on any atom is -0.378 e. The molecule has 5 heteroatoms. The zero-order valence-corrected chi connectivity index (χ0v) is 13.0. The number of nitrogens with one attached hydrogen (secondary N) is 2. The van der Waals surface area contributed by atoms with Crippen LogP contribution in [0.3, 0.4) is 0 Å². The maximum absolute atomic E-state index is 12.0. The number of hydrogen-bond donors (Lipinski definition) is 2. The zero-order valence-electron chi connectivity index (χ0n) is 13.0. The van der Waals surface area contributed by atoms with Crippen molar-refractivity contribution in [2.24, 2.45) is 11.8 Å². The molecule has 21 heavy (non-hydrogen) atoms. The second-order valence-corrected chi connectivity index (χ2v) is 5.99. The van der Waals surface area contributed by atoms with E-state index in [1.54, 1.807) is 12.4 Å². The summed E-state index contributed by atoms with van der Waals surface area (Å²) in [4.78, 5) is 16.0. The molecule has 0 saturated carbocycles. The predicted molar refractivity (Wildman–Crippen MR) is 81.9 cm³/mol. The van der Waals surface area contributed by atoms with E-state index < -0.39 is 0 Å². The minimum absolute atomic E-state index is 0.0561. The number of rotatable bonds is 5. The van der Waals surface area contributed by atoms with Crippen LogP contribution in [0.2, 0.25) is 0 Å². The summed E-state index contributed by atoms with van der Waals surface area (Å²) >= 11 is 0. The van der Waals surface area contributed by atoms with Crippen molar-refractivity contribution in [3.63, 3.8) is 0 Å². The Morgan fingerprint density at radius 1 is 1.48 bits per heavy atom. The Bertz CT molecular complexity index is 450. The number of pyridine rings is 1. The Morgan fingerprint density at radius 2 is 2.29 bits per heavy atom. The lowest BCUT2D eigenvalue weighted by Crippen LogP contribution is -2.41. The van der Waals surface area contributed by atoms with Gasteiger partial charge in [-0.3, -0.25) is 4.98 Å². The first kappa shape index (κ1) is 15.8. The van der Waals surface area contributed by atoms with Crippen molar-refractivity contribution in [1.29, 1.82) is 0 Å². The van der Waals surface area contributed by atoms with Crippen LogP contribution in [0.5, 0.6) is 0 Å². The van der Waals surface area contributed by atoms with Gasteiger partial charge in [-0.2, -0.15) is 0 Å². The molecule has 0 aromatic carbocycles. The molecule has 2 rings (SSSR count). The Labute approximate surface area is 126 Å². The van der Waals surface area contributed by atoms with Crippen molar-refractivity contribution in [3.05, 3.63) is 30.1 Å². The van der Waals surface area contributed by atoms with Gasteiger partial charge in [0.1, 0.15) is 0 Å². The fourth-order valence-corrected chi connectivity index (χ4v) is 2.80. The summed E-state index contributed by atoms with van der Waals surface area (Å²) in [6, 6.07) is 3.63. The molecule has 0 aliphatic carbocycles. The molecule has 2 amide bonds. The number of carbonyl (C=O) groups is 1. The summed E-state index contributed by atoms with van der Waals surface area (Å²) in [5, 5.41) is 5.89. The standard InChI is InChI=1S/C16H25N3O2/c1-11(2)15-14(6-8-21-15)10-18-16(20)19-12(3)13-5-4-7-17-9-13/h4-5,7,9,11-12,14-15H,6,8,10H2,1-3H3,(H2,18,19,20)/t12-,14+,15+/m0/s1. The average molecular weight is 291 g/mol. The van der Waals surface area contributed by atoms with E-state index in [1.807, 2.05) is 19.1 Å². The van der Waals surface area contributed by atoms with Crippen LogP contribution in [0.1, 0.15) is 38.8 Å². The molecule has 2 heterocycles. The highest BCUT2D eigenvalue weighted by Gasteiger charge is 2.30. The Kier molecular flexibility index (Phi) is 5.56. The third-order valence-corrected chi connectivity index (χ3v) is 3.98. The summed E-state index contributed by atoms with van der Waals surface area (Å²) in [5.74, 6) is 0.890. The number of nitrogens with zero attached hydrogens (tertiary/aromatic N) is 1. The van der Waals surface area contributed by atoms with E-state index in [1.165, 1.54) is 0 Å². The van der Waals surface area contributed by atoms with Crippen molar-refractivity contribution in [1.82, 2.24) is 15.6 Å². The first-order valence-electron chi connectivity index (χ1n) is 7.64. The van der Waals surface area contributed by atoms with Crippen LogP contribution in [0.25, 0.3) is 0 Å². The van der Waals surface area contributed by atoms with Crippen molar-refractivity contribution >= 4 is 6.03 Å². The molecule has 3 atom stereocenters. The van der Waals surface area contributed by atoms with E-state index >= 15 is 0 Å². The quantitative estimate of drug-likeness (QED) is 0.876. The first-order chi connectivity index (χ1) is 10.1. The van der Waals surface area contributed by atoms with E-state index in [0.717, 1.165) is 18.6 Å². The van der Waals surface area contributed by atoms with Crippen molar-refractivity contribution in [2.45, 2.75) is 39.3 Å². The maximum Gasteiger partial charge on any atom is 0.315 e. The van der Waals surface area contributed by atoms with Gasteiger partial charge in [0.25, 0.3) is 0 Å². The highest BCUT2D eigenvalue weighted by Crippen LogP contribution is 2.26. The molecule has 0 radical (unpaired) electrons. The average Bonchev–Trinajstić information content (AvgIpc) is 2.94. The van der Waals surface area contributed by atoms with Crippen LogP contribution in [0.4, 0.5) is 4.79 Å². The van der Waals surface area contributed by atoms with Gasteiger partial charge in [0.05, 0.1) is 12.1 Å². The van der Waals surface area contributed by atoms with E-state index in [0.29, 0.717) is 18.4 Å². The lowest BCUT2D eigenvalue weighted by Gasteiger charge is -2.23. The molecule has 116 valence electrons. The fraction of sp³-hybridized carbons (Fsp3) is 0.625. The number of carbonyl (C=O) groups excluding carboxylic acids is 1. The van der Waals surface area contributed by atoms with Gasteiger partial charge in [-0.25, -0.2) is 4.79 Å². The Morgan fingerprint density at radius 3 is 2.95 bits per heavy atom. The van der Waals surface area contributed by atoms with Crippen LogP contribution in [0, 0.1) is 11.8 Å². The van der Waals surface area contributed by atoms with E-state index in [4.69, 9.17) is 4.74 Å². The Hall–Kier alpha value is -1.62. The lowest BCUT2D eigenvalue weighted by molar-refractivity contribution is 0.0545. The number of aromatic nitrogens is 1. The van der Waals surface area contributed by atoms with Gasteiger partial charge >= 0.3 is 6.03 Å². The van der Waals surface area contributed by atoms with Crippen LogP contribution >= 0.6 is 0 Å².